The monoisotopic (exact) mass is 486 g/mol. The van der Waals surface area contributed by atoms with E-state index < -0.39 is 11.9 Å². The van der Waals surface area contributed by atoms with Crippen molar-refractivity contribution in [3.8, 4) is 0 Å². The Balaban J connectivity index is 1.61. The topological polar surface area (TPSA) is 84.0 Å². The van der Waals surface area contributed by atoms with Gasteiger partial charge in [0.1, 0.15) is 5.03 Å². The Morgan fingerprint density at radius 1 is 0.862 bits per heavy atom. The van der Waals surface area contributed by atoms with Crippen molar-refractivity contribution in [3.63, 3.8) is 0 Å². The molecule has 0 spiro atoms. The smallest absolute Gasteiger partial charge is 0.291 e. The molecule has 0 aliphatic carbocycles. The van der Waals surface area contributed by atoms with E-state index in [2.05, 4.69) is 20.6 Å². The Hall–Kier alpha value is -2.03. The lowest BCUT2D eigenvalue weighted by atomic mass is 10.2. The SMILES string of the molecule is O=C(NC(=O)c1c(Cl)cccc1Cl)Nc1cnc(Sc2ccc(Cl)c(Cl)c2)cn1. The predicted octanol–water partition coefficient (Wildman–Crippen LogP) is 6.20. The summed E-state index contributed by atoms with van der Waals surface area (Å²) in [6.07, 6.45) is 2.82. The number of anilines is 1. The van der Waals surface area contributed by atoms with Crippen molar-refractivity contribution in [2.24, 2.45) is 0 Å². The van der Waals surface area contributed by atoms with Crippen LogP contribution in [0.25, 0.3) is 0 Å². The molecule has 3 rings (SSSR count). The van der Waals surface area contributed by atoms with Crippen LogP contribution < -0.4 is 10.6 Å². The van der Waals surface area contributed by atoms with Gasteiger partial charge in [-0.3, -0.25) is 15.4 Å². The van der Waals surface area contributed by atoms with Gasteiger partial charge < -0.3 is 0 Å². The molecule has 1 heterocycles. The van der Waals surface area contributed by atoms with Crippen LogP contribution in [0.5, 0.6) is 0 Å². The highest BCUT2D eigenvalue weighted by Crippen LogP contribution is 2.31. The molecule has 0 fully saturated rings. The second kappa shape index (κ2) is 9.65. The molecule has 0 bridgehead atoms. The molecule has 6 nitrogen and oxygen atoms in total. The molecule has 0 radical (unpaired) electrons. The van der Waals surface area contributed by atoms with E-state index in [9.17, 15) is 9.59 Å². The van der Waals surface area contributed by atoms with Gasteiger partial charge in [0.2, 0.25) is 0 Å². The van der Waals surface area contributed by atoms with Gasteiger partial charge in [0.05, 0.1) is 38.0 Å². The molecule has 1 aromatic heterocycles. The summed E-state index contributed by atoms with van der Waals surface area (Å²) >= 11 is 25.1. The minimum absolute atomic E-state index is 0.00504. The van der Waals surface area contributed by atoms with E-state index in [4.69, 9.17) is 46.4 Å². The second-order valence-corrected chi connectivity index (χ2v) is 8.15. The Labute approximate surface area is 189 Å². The van der Waals surface area contributed by atoms with E-state index in [0.29, 0.717) is 15.1 Å². The van der Waals surface area contributed by atoms with Crippen LogP contribution in [-0.2, 0) is 0 Å². The first-order valence-electron chi connectivity index (χ1n) is 7.85. The zero-order chi connectivity index (χ0) is 21.0. The van der Waals surface area contributed by atoms with Crippen LogP contribution in [0.1, 0.15) is 10.4 Å². The molecule has 2 N–H and O–H groups in total. The summed E-state index contributed by atoms with van der Waals surface area (Å²) in [4.78, 5) is 33.3. The van der Waals surface area contributed by atoms with Crippen LogP contribution in [-0.4, -0.2) is 21.9 Å². The maximum absolute atomic E-state index is 12.2. The maximum atomic E-state index is 12.2. The van der Waals surface area contributed by atoms with Crippen molar-refractivity contribution in [1.82, 2.24) is 15.3 Å². The average molecular weight is 488 g/mol. The number of nitrogens with one attached hydrogen (secondary N) is 2. The summed E-state index contributed by atoms with van der Waals surface area (Å²) in [6.45, 7) is 0. The number of carbonyl (C=O) groups excluding carboxylic acids is 2. The predicted molar refractivity (Wildman–Crippen MR) is 116 cm³/mol. The molecule has 0 saturated carbocycles. The number of carbonyl (C=O) groups is 2. The molecule has 148 valence electrons. The van der Waals surface area contributed by atoms with E-state index in [1.807, 2.05) is 0 Å². The van der Waals surface area contributed by atoms with Crippen LogP contribution in [0, 0.1) is 0 Å². The zero-order valence-corrected chi connectivity index (χ0v) is 18.1. The Bertz CT molecular complexity index is 1060. The van der Waals surface area contributed by atoms with Crippen LogP contribution in [0.3, 0.4) is 0 Å². The number of urea groups is 1. The highest BCUT2D eigenvalue weighted by atomic mass is 35.5. The van der Waals surface area contributed by atoms with E-state index in [1.54, 1.807) is 24.3 Å². The van der Waals surface area contributed by atoms with Crippen molar-refractivity contribution >= 4 is 75.9 Å². The lowest BCUT2D eigenvalue weighted by molar-refractivity contribution is 0.0967. The van der Waals surface area contributed by atoms with Gasteiger partial charge in [0, 0.05) is 4.90 Å². The third-order valence-electron chi connectivity index (χ3n) is 3.40. The minimum Gasteiger partial charge on any atom is -0.291 e. The second-order valence-electron chi connectivity index (χ2n) is 5.42. The summed E-state index contributed by atoms with van der Waals surface area (Å²) in [5.74, 6) is -0.586. The summed E-state index contributed by atoms with van der Waals surface area (Å²) in [5.41, 5.74) is 0.00504. The van der Waals surface area contributed by atoms with Gasteiger partial charge in [-0.2, -0.15) is 0 Å². The summed E-state index contributed by atoms with van der Waals surface area (Å²) < 4.78 is 0. The first-order valence-corrected chi connectivity index (χ1v) is 10.2. The van der Waals surface area contributed by atoms with E-state index in [1.165, 1.54) is 36.3 Å². The van der Waals surface area contributed by atoms with Gasteiger partial charge in [-0.25, -0.2) is 14.8 Å². The number of amides is 3. The first-order chi connectivity index (χ1) is 13.8. The lowest BCUT2D eigenvalue weighted by Crippen LogP contribution is -2.35. The first kappa shape index (κ1) is 21.7. The van der Waals surface area contributed by atoms with Crippen LogP contribution in [0.2, 0.25) is 20.1 Å². The van der Waals surface area contributed by atoms with Crippen LogP contribution in [0.4, 0.5) is 10.6 Å². The molecular weight excluding hydrogens is 478 g/mol. The van der Waals surface area contributed by atoms with Crippen molar-refractivity contribution in [3.05, 3.63) is 74.4 Å². The third kappa shape index (κ3) is 5.74. The van der Waals surface area contributed by atoms with E-state index >= 15 is 0 Å². The van der Waals surface area contributed by atoms with Crippen molar-refractivity contribution in [1.29, 1.82) is 0 Å². The highest BCUT2D eigenvalue weighted by Gasteiger charge is 2.17. The normalized spacial score (nSPS) is 10.5. The molecule has 0 aliphatic rings. The third-order valence-corrected chi connectivity index (χ3v) is 5.68. The fourth-order valence-corrected chi connectivity index (χ4v) is 3.82. The number of hydrogen-bond acceptors (Lipinski definition) is 5. The highest BCUT2D eigenvalue weighted by molar-refractivity contribution is 7.99. The van der Waals surface area contributed by atoms with Gasteiger partial charge in [0.15, 0.2) is 5.82 Å². The molecule has 0 unspecified atom stereocenters. The van der Waals surface area contributed by atoms with Crippen LogP contribution in [0.15, 0.2) is 58.7 Å². The summed E-state index contributed by atoms with van der Waals surface area (Å²) in [6, 6.07) is 8.97. The molecule has 3 aromatic rings. The molecule has 11 heteroatoms. The number of nitrogens with zero attached hydrogens (tertiary/aromatic N) is 2. The quantitative estimate of drug-likeness (QED) is 0.457. The van der Waals surface area contributed by atoms with Crippen molar-refractivity contribution in [2.45, 2.75) is 9.92 Å². The minimum atomic E-state index is -0.801. The molecule has 0 aliphatic heterocycles. The van der Waals surface area contributed by atoms with Gasteiger partial charge in [-0.1, -0.05) is 64.2 Å². The molecule has 3 amide bonds. The number of halogens is 4. The zero-order valence-electron chi connectivity index (χ0n) is 14.2. The summed E-state index contributed by atoms with van der Waals surface area (Å²) in [5, 5.41) is 6.28. The number of rotatable bonds is 4. The molecule has 2 aromatic carbocycles. The van der Waals surface area contributed by atoms with Crippen LogP contribution >= 0.6 is 58.2 Å². The van der Waals surface area contributed by atoms with Crippen molar-refractivity contribution in [2.75, 3.05) is 5.32 Å². The standard InChI is InChI=1S/C18H10Cl4N4O2S/c19-10-5-4-9(6-13(10)22)29-15-8-23-14(7-24-15)25-18(28)26-17(27)16-11(20)2-1-3-12(16)21/h1-8H,(H2,23,25,26,27,28). The van der Waals surface area contributed by atoms with E-state index in [-0.39, 0.29) is 21.4 Å². The fraction of sp³-hybridized carbons (Fsp3) is 0. The van der Waals surface area contributed by atoms with Gasteiger partial charge >= 0.3 is 6.03 Å². The van der Waals surface area contributed by atoms with Gasteiger partial charge in [0.25, 0.3) is 5.91 Å². The number of aromatic nitrogens is 2. The van der Waals surface area contributed by atoms with Crippen molar-refractivity contribution < 1.29 is 9.59 Å². The molecular formula is C18H10Cl4N4O2S. The molecule has 0 saturated heterocycles. The number of imide groups is 1. The van der Waals surface area contributed by atoms with E-state index in [0.717, 1.165) is 4.90 Å². The number of hydrogen-bond donors (Lipinski definition) is 2. The maximum Gasteiger partial charge on any atom is 0.327 e. The Morgan fingerprint density at radius 2 is 1.59 bits per heavy atom. The average Bonchev–Trinajstić information content (AvgIpc) is 2.66. The molecule has 0 atom stereocenters. The lowest BCUT2D eigenvalue weighted by Gasteiger charge is -2.08. The largest absolute Gasteiger partial charge is 0.327 e. The fourth-order valence-electron chi connectivity index (χ4n) is 2.12. The molecule has 29 heavy (non-hydrogen) atoms. The number of benzene rings is 2. The Morgan fingerprint density at radius 3 is 2.21 bits per heavy atom. The van der Waals surface area contributed by atoms with Gasteiger partial charge in [-0.05, 0) is 30.3 Å². The summed E-state index contributed by atoms with van der Waals surface area (Å²) in [7, 11) is 0. The van der Waals surface area contributed by atoms with Gasteiger partial charge in [-0.15, -0.1) is 0 Å². The Kier molecular flexibility index (Phi) is 7.21.